The van der Waals surface area contributed by atoms with Crippen LogP contribution in [0.25, 0.3) is 0 Å². The Morgan fingerprint density at radius 2 is 1.83 bits per heavy atom. The lowest BCUT2D eigenvalue weighted by Crippen LogP contribution is -2.13. The molecular weight excluding hydrogens is 295 g/mol. The maximum Gasteiger partial charge on any atom is 0.139 e. The van der Waals surface area contributed by atoms with Gasteiger partial charge in [-0.15, -0.1) is 0 Å². The highest BCUT2D eigenvalue weighted by molar-refractivity contribution is 9.10. The van der Waals surface area contributed by atoms with E-state index < -0.39 is 0 Å². The van der Waals surface area contributed by atoms with Gasteiger partial charge in [0.25, 0.3) is 0 Å². The second-order valence-corrected chi connectivity index (χ2v) is 5.02. The second-order valence-electron chi connectivity index (χ2n) is 4.17. The van der Waals surface area contributed by atoms with Gasteiger partial charge in [0, 0.05) is 18.8 Å². The van der Waals surface area contributed by atoms with E-state index in [1.165, 1.54) is 6.07 Å². The molecule has 0 heterocycles. The van der Waals surface area contributed by atoms with Crippen LogP contribution in [0.1, 0.15) is 5.56 Å². The summed E-state index contributed by atoms with van der Waals surface area (Å²) in [4.78, 5) is 1.89. The standard InChI is InChI=1S/C14H14BrFN2/c1-9-5-3-4-6-13(9)18(2)14-8-11(16)10(15)7-12(14)17/h3-8H,17H2,1-2H3. The third-order valence-corrected chi connectivity index (χ3v) is 3.52. The Balaban J connectivity index is 2.50. The minimum atomic E-state index is -0.320. The monoisotopic (exact) mass is 308 g/mol. The highest BCUT2D eigenvalue weighted by atomic mass is 79.9. The van der Waals surface area contributed by atoms with Crippen LogP contribution in [0.15, 0.2) is 40.9 Å². The van der Waals surface area contributed by atoms with Crippen LogP contribution in [-0.4, -0.2) is 7.05 Å². The molecule has 0 bridgehead atoms. The largest absolute Gasteiger partial charge is 0.397 e. The first-order chi connectivity index (χ1) is 8.50. The summed E-state index contributed by atoms with van der Waals surface area (Å²) in [5.41, 5.74) is 9.25. The molecule has 0 aliphatic heterocycles. The molecule has 18 heavy (non-hydrogen) atoms. The molecule has 2 N–H and O–H groups in total. The molecule has 0 aromatic heterocycles. The van der Waals surface area contributed by atoms with Crippen LogP contribution in [0.2, 0.25) is 0 Å². The number of halogens is 2. The lowest BCUT2D eigenvalue weighted by molar-refractivity contribution is 0.621. The van der Waals surface area contributed by atoms with E-state index in [-0.39, 0.29) is 5.82 Å². The average molecular weight is 309 g/mol. The summed E-state index contributed by atoms with van der Waals surface area (Å²) in [6.07, 6.45) is 0. The number of benzene rings is 2. The highest BCUT2D eigenvalue weighted by Gasteiger charge is 2.12. The van der Waals surface area contributed by atoms with Crippen LogP contribution in [0, 0.1) is 12.7 Å². The van der Waals surface area contributed by atoms with Gasteiger partial charge in [-0.25, -0.2) is 4.39 Å². The lowest BCUT2D eigenvalue weighted by Gasteiger charge is -2.23. The number of hydrogen-bond donors (Lipinski definition) is 1. The molecule has 94 valence electrons. The predicted molar refractivity (Wildman–Crippen MR) is 77.8 cm³/mol. The molecule has 0 fully saturated rings. The molecule has 0 aliphatic carbocycles. The molecule has 0 spiro atoms. The van der Waals surface area contributed by atoms with Gasteiger partial charge in [0.2, 0.25) is 0 Å². The summed E-state index contributed by atoms with van der Waals surface area (Å²) in [6.45, 7) is 2.01. The number of anilines is 3. The minimum Gasteiger partial charge on any atom is -0.397 e. The molecule has 0 atom stereocenters. The fraction of sp³-hybridized carbons (Fsp3) is 0.143. The number of rotatable bonds is 2. The van der Waals surface area contributed by atoms with E-state index in [1.807, 2.05) is 43.1 Å². The number of hydrogen-bond acceptors (Lipinski definition) is 2. The van der Waals surface area contributed by atoms with Crippen molar-refractivity contribution >= 4 is 33.0 Å². The Kier molecular flexibility index (Phi) is 3.57. The van der Waals surface area contributed by atoms with Gasteiger partial charge >= 0.3 is 0 Å². The van der Waals surface area contributed by atoms with Gasteiger partial charge in [0.05, 0.1) is 15.8 Å². The molecule has 2 aromatic rings. The number of nitrogen functional groups attached to an aromatic ring is 1. The van der Waals surface area contributed by atoms with Gasteiger partial charge in [-0.1, -0.05) is 18.2 Å². The zero-order valence-electron chi connectivity index (χ0n) is 10.2. The second kappa shape index (κ2) is 4.98. The summed E-state index contributed by atoms with van der Waals surface area (Å²) < 4.78 is 14.0. The summed E-state index contributed by atoms with van der Waals surface area (Å²) in [6, 6.07) is 10.9. The Bertz CT molecular complexity index is 584. The normalized spacial score (nSPS) is 10.4. The maximum atomic E-state index is 13.6. The van der Waals surface area contributed by atoms with Crippen molar-refractivity contribution in [3.8, 4) is 0 Å². The van der Waals surface area contributed by atoms with E-state index in [0.29, 0.717) is 15.8 Å². The van der Waals surface area contributed by atoms with Crippen molar-refractivity contribution in [2.75, 3.05) is 17.7 Å². The van der Waals surface area contributed by atoms with Crippen LogP contribution in [0.5, 0.6) is 0 Å². The van der Waals surface area contributed by atoms with Crippen molar-refractivity contribution in [3.63, 3.8) is 0 Å². The van der Waals surface area contributed by atoms with Crippen molar-refractivity contribution in [2.45, 2.75) is 6.92 Å². The van der Waals surface area contributed by atoms with E-state index in [4.69, 9.17) is 5.73 Å². The van der Waals surface area contributed by atoms with E-state index in [2.05, 4.69) is 15.9 Å². The third-order valence-electron chi connectivity index (χ3n) is 2.91. The Labute approximate surface area is 114 Å². The summed E-state index contributed by atoms with van der Waals surface area (Å²) >= 11 is 3.13. The van der Waals surface area contributed by atoms with Crippen LogP contribution in [0.4, 0.5) is 21.5 Å². The highest BCUT2D eigenvalue weighted by Crippen LogP contribution is 2.34. The smallest absolute Gasteiger partial charge is 0.139 e. The van der Waals surface area contributed by atoms with Gasteiger partial charge in [-0.2, -0.15) is 0 Å². The molecule has 0 saturated carbocycles. The molecule has 2 rings (SSSR count). The van der Waals surface area contributed by atoms with E-state index >= 15 is 0 Å². The molecule has 0 saturated heterocycles. The van der Waals surface area contributed by atoms with E-state index in [1.54, 1.807) is 6.07 Å². The topological polar surface area (TPSA) is 29.3 Å². The Morgan fingerprint density at radius 3 is 2.50 bits per heavy atom. The Hall–Kier alpha value is -1.55. The van der Waals surface area contributed by atoms with Crippen molar-refractivity contribution in [1.82, 2.24) is 0 Å². The van der Waals surface area contributed by atoms with Crippen molar-refractivity contribution in [2.24, 2.45) is 0 Å². The first kappa shape index (κ1) is 12.9. The average Bonchev–Trinajstić information content (AvgIpc) is 2.33. The first-order valence-electron chi connectivity index (χ1n) is 5.54. The van der Waals surface area contributed by atoms with Crippen LogP contribution >= 0.6 is 15.9 Å². The first-order valence-corrected chi connectivity index (χ1v) is 6.34. The minimum absolute atomic E-state index is 0.320. The molecule has 2 nitrogen and oxygen atoms in total. The van der Waals surface area contributed by atoms with Crippen LogP contribution in [0.3, 0.4) is 0 Å². The molecular formula is C14H14BrFN2. The zero-order chi connectivity index (χ0) is 13.3. The van der Waals surface area contributed by atoms with Crippen molar-refractivity contribution in [3.05, 3.63) is 52.3 Å². The SMILES string of the molecule is Cc1ccccc1N(C)c1cc(F)c(Br)cc1N. The number of para-hydroxylation sites is 1. The molecule has 2 aromatic carbocycles. The Morgan fingerprint density at radius 1 is 1.17 bits per heavy atom. The van der Waals surface area contributed by atoms with Crippen LogP contribution < -0.4 is 10.6 Å². The number of nitrogens with zero attached hydrogens (tertiary/aromatic N) is 1. The maximum absolute atomic E-state index is 13.6. The molecule has 0 radical (unpaired) electrons. The summed E-state index contributed by atoms with van der Waals surface area (Å²) in [5, 5.41) is 0. The van der Waals surface area contributed by atoms with Gasteiger partial charge in [0.1, 0.15) is 5.82 Å². The molecule has 0 amide bonds. The third kappa shape index (κ3) is 2.34. The van der Waals surface area contributed by atoms with Crippen molar-refractivity contribution < 1.29 is 4.39 Å². The van der Waals surface area contributed by atoms with Crippen LogP contribution in [-0.2, 0) is 0 Å². The zero-order valence-corrected chi connectivity index (χ0v) is 11.8. The number of nitrogens with two attached hydrogens (primary N) is 1. The summed E-state index contributed by atoms with van der Waals surface area (Å²) in [5.74, 6) is -0.320. The van der Waals surface area contributed by atoms with Gasteiger partial charge in [-0.3, -0.25) is 0 Å². The molecule has 0 unspecified atom stereocenters. The molecule has 4 heteroatoms. The van der Waals surface area contributed by atoms with Crippen molar-refractivity contribution in [1.29, 1.82) is 0 Å². The van der Waals surface area contributed by atoms with Gasteiger partial charge in [0.15, 0.2) is 0 Å². The van der Waals surface area contributed by atoms with Gasteiger partial charge < -0.3 is 10.6 Å². The number of aryl methyl sites for hydroxylation is 1. The quantitative estimate of drug-likeness (QED) is 0.841. The molecule has 0 aliphatic rings. The van der Waals surface area contributed by atoms with E-state index in [9.17, 15) is 4.39 Å². The lowest BCUT2D eigenvalue weighted by atomic mass is 10.1. The summed E-state index contributed by atoms with van der Waals surface area (Å²) in [7, 11) is 1.88. The van der Waals surface area contributed by atoms with E-state index in [0.717, 1.165) is 11.3 Å². The predicted octanol–water partition coefficient (Wildman–Crippen LogP) is 4.25. The van der Waals surface area contributed by atoms with Gasteiger partial charge in [-0.05, 0) is 40.5 Å². The fourth-order valence-corrected chi connectivity index (χ4v) is 2.27. The fourth-order valence-electron chi connectivity index (χ4n) is 1.91.